The van der Waals surface area contributed by atoms with Crippen molar-refractivity contribution in [2.75, 3.05) is 0 Å². The molecule has 0 aromatic heterocycles. The molecule has 0 aliphatic rings. The van der Waals surface area contributed by atoms with E-state index in [1.165, 1.54) is 6.07 Å². The van der Waals surface area contributed by atoms with Crippen molar-refractivity contribution in [2.24, 2.45) is 0 Å². The van der Waals surface area contributed by atoms with Crippen LogP contribution in [-0.2, 0) is 0 Å². The molecular formula is C21H21FN2OS. The van der Waals surface area contributed by atoms with E-state index in [2.05, 4.69) is 16.8 Å². The summed E-state index contributed by atoms with van der Waals surface area (Å²) < 4.78 is 13.6. The molecule has 2 rings (SSSR count). The molecule has 1 amide bonds. The molecule has 0 unspecified atom stereocenters. The summed E-state index contributed by atoms with van der Waals surface area (Å²) in [5, 5.41) is 0. The molecule has 5 heteroatoms. The van der Waals surface area contributed by atoms with Crippen LogP contribution in [0.4, 0.5) is 4.39 Å². The van der Waals surface area contributed by atoms with E-state index in [4.69, 9.17) is 0 Å². The molecule has 2 aromatic rings. The molecule has 0 aliphatic heterocycles. The van der Waals surface area contributed by atoms with Crippen molar-refractivity contribution in [3.05, 3.63) is 95.9 Å². The molecule has 0 saturated heterocycles. The number of carbonyl (C=O) groups excluding carboxylic acids is 1. The number of hydrazine groups is 1. The fourth-order valence-corrected chi connectivity index (χ4v) is 2.77. The molecule has 134 valence electrons. The average Bonchev–Trinajstić information content (AvgIpc) is 2.62. The molecular weight excluding hydrogens is 347 g/mol. The maximum absolute atomic E-state index is 13.6. The molecule has 0 bridgehead atoms. The van der Waals surface area contributed by atoms with Crippen molar-refractivity contribution in [1.29, 1.82) is 0 Å². The maximum atomic E-state index is 13.6. The summed E-state index contributed by atoms with van der Waals surface area (Å²) in [7, 11) is 0. The van der Waals surface area contributed by atoms with Crippen LogP contribution in [0.2, 0.25) is 0 Å². The summed E-state index contributed by atoms with van der Waals surface area (Å²) in [5.74, 6) is -0.648. The quantitative estimate of drug-likeness (QED) is 0.400. The van der Waals surface area contributed by atoms with Gasteiger partial charge in [0.15, 0.2) is 0 Å². The molecule has 26 heavy (non-hydrogen) atoms. The Kier molecular flexibility index (Phi) is 7.38. The zero-order chi connectivity index (χ0) is 18.9. The molecule has 0 fully saturated rings. The summed E-state index contributed by atoms with van der Waals surface area (Å²) in [6, 6.07) is 11.9. The lowest BCUT2D eigenvalue weighted by atomic mass is 10.0. The number of benzene rings is 2. The first-order chi connectivity index (χ1) is 12.5. The van der Waals surface area contributed by atoms with Crippen molar-refractivity contribution < 1.29 is 9.18 Å². The maximum Gasteiger partial charge on any atom is 0.266 e. The van der Waals surface area contributed by atoms with Crippen LogP contribution in [-0.4, -0.2) is 5.91 Å². The number of halogens is 1. The normalized spacial score (nSPS) is 11.2. The molecule has 0 spiro atoms. The Hall–Kier alpha value is -2.63. The van der Waals surface area contributed by atoms with Gasteiger partial charge < -0.3 is 0 Å². The second-order valence-electron chi connectivity index (χ2n) is 5.59. The summed E-state index contributed by atoms with van der Waals surface area (Å²) in [6.07, 6.45) is 7.63. The lowest BCUT2D eigenvalue weighted by molar-refractivity contribution is 0.0947. The van der Waals surface area contributed by atoms with Crippen molar-refractivity contribution in [3.8, 4) is 0 Å². The Balaban J connectivity index is 2.04. The number of nitrogens with one attached hydrogen (secondary N) is 2. The summed E-state index contributed by atoms with van der Waals surface area (Å²) >= 11 is 1.01. The highest BCUT2D eigenvalue weighted by Gasteiger charge is 2.09. The first-order valence-corrected chi connectivity index (χ1v) is 8.90. The van der Waals surface area contributed by atoms with Crippen molar-refractivity contribution >= 4 is 23.4 Å². The van der Waals surface area contributed by atoms with Crippen molar-refractivity contribution in [3.63, 3.8) is 0 Å². The van der Waals surface area contributed by atoms with Gasteiger partial charge in [0.05, 0.1) is 4.90 Å². The van der Waals surface area contributed by atoms with Gasteiger partial charge in [-0.3, -0.25) is 10.2 Å². The fraction of sp³-hybridized carbons (Fsp3) is 0.0952. The van der Waals surface area contributed by atoms with E-state index < -0.39 is 0 Å². The topological polar surface area (TPSA) is 41.1 Å². The van der Waals surface area contributed by atoms with Gasteiger partial charge in [-0.15, -0.1) is 0 Å². The third-order valence-corrected chi connectivity index (χ3v) is 4.23. The molecule has 2 N–H and O–H groups in total. The molecule has 3 nitrogen and oxygen atoms in total. The van der Waals surface area contributed by atoms with Gasteiger partial charge in [0.25, 0.3) is 5.91 Å². The van der Waals surface area contributed by atoms with Gasteiger partial charge in [-0.25, -0.2) is 4.39 Å². The fourth-order valence-electron chi connectivity index (χ4n) is 2.21. The number of allylic oxidation sites excluding steroid dienone is 5. The molecule has 0 aliphatic carbocycles. The number of hydrogen-bond donors (Lipinski definition) is 2. The largest absolute Gasteiger partial charge is 0.277 e. The number of carbonyl (C=O) groups is 1. The molecule has 2 aromatic carbocycles. The van der Waals surface area contributed by atoms with Gasteiger partial charge in [0, 0.05) is 5.56 Å². The van der Waals surface area contributed by atoms with E-state index >= 15 is 0 Å². The lowest BCUT2D eigenvalue weighted by Gasteiger charge is -2.10. The van der Waals surface area contributed by atoms with E-state index in [9.17, 15) is 9.18 Å². The SMILES string of the molecule is C=C(/C=C\C=C/C)c1cc(C)cc(C(=O)NNSc2ccccc2F)c1. The van der Waals surface area contributed by atoms with Gasteiger partial charge in [-0.1, -0.05) is 49.1 Å². The monoisotopic (exact) mass is 368 g/mol. The van der Waals surface area contributed by atoms with Crippen LogP contribution in [0.15, 0.2) is 78.2 Å². The summed E-state index contributed by atoms with van der Waals surface area (Å²) in [5.41, 5.74) is 5.71. The highest BCUT2D eigenvalue weighted by atomic mass is 32.2. The Labute approximate surface area is 157 Å². The van der Waals surface area contributed by atoms with Gasteiger partial charge >= 0.3 is 0 Å². The Morgan fingerprint density at radius 2 is 1.88 bits per heavy atom. The molecule has 0 saturated carbocycles. The van der Waals surface area contributed by atoms with Gasteiger partial charge in [-0.05, 0) is 66.8 Å². The van der Waals surface area contributed by atoms with E-state index in [1.54, 1.807) is 30.3 Å². The number of aryl methyl sites for hydroxylation is 1. The third-order valence-electron chi connectivity index (χ3n) is 3.47. The second kappa shape index (κ2) is 9.75. The second-order valence-corrected chi connectivity index (χ2v) is 6.43. The summed E-state index contributed by atoms with van der Waals surface area (Å²) in [4.78, 5) is 15.5. The minimum Gasteiger partial charge on any atom is -0.277 e. The van der Waals surface area contributed by atoms with Crippen LogP contribution in [0.1, 0.15) is 28.4 Å². The lowest BCUT2D eigenvalue weighted by Crippen LogP contribution is -2.32. The summed E-state index contributed by atoms with van der Waals surface area (Å²) in [6.45, 7) is 7.90. The Bertz CT molecular complexity index is 859. The van der Waals surface area contributed by atoms with Crippen LogP contribution in [0.3, 0.4) is 0 Å². The van der Waals surface area contributed by atoms with E-state index in [0.717, 1.165) is 28.6 Å². The van der Waals surface area contributed by atoms with Gasteiger partial charge in [-0.2, -0.15) is 4.83 Å². The first-order valence-electron chi connectivity index (χ1n) is 8.08. The predicted molar refractivity (Wildman–Crippen MR) is 107 cm³/mol. The van der Waals surface area contributed by atoms with Gasteiger partial charge in [0.2, 0.25) is 0 Å². The zero-order valence-electron chi connectivity index (χ0n) is 14.8. The van der Waals surface area contributed by atoms with Crippen LogP contribution in [0.25, 0.3) is 5.57 Å². The molecule has 0 radical (unpaired) electrons. The molecule has 0 heterocycles. The standard InChI is InChI=1S/C21H21FN2OS/c1-4-5-6-9-16(3)17-12-15(2)13-18(14-17)21(25)23-24-26-20-11-8-7-10-19(20)22/h4-14,24H,3H2,1-2H3,(H,23,25)/b5-4-,9-6-. The Morgan fingerprint density at radius 1 is 1.15 bits per heavy atom. The number of rotatable bonds is 7. The minimum atomic E-state index is -0.346. The predicted octanol–water partition coefficient (Wildman–Crippen LogP) is 5.22. The van der Waals surface area contributed by atoms with Crippen LogP contribution in [0, 0.1) is 12.7 Å². The minimum absolute atomic E-state index is 0.302. The van der Waals surface area contributed by atoms with E-state index in [0.29, 0.717) is 10.5 Å². The first kappa shape index (κ1) is 19.7. The average molecular weight is 368 g/mol. The van der Waals surface area contributed by atoms with Crippen LogP contribution >= 0.6 is 11.9 Å². The Morgan fingerprint density at radius 3 is 2.62 bits per heavy atom. The smallest absolute Gasteiger partial charge is 0.266 e. The van der Waals surface area contributed by atoms with Crippen molar-refractivity contribution in [1.82, 2.24) is 10.3 Å². The highest BCUT2D eigenvalue weighted by molar-refractivity contribution is 7.97. The van der Waals surface area contributed by atoms with E-state index in [1.807, 2.05) is 44.2 Å². The third kappa shape index (κ3) is 5.72. The van der Waals surface area contributed by atoms with Crippen LogP contribution in [0.5, 0.6) is 0 Å². The van der Waals surface area contributed by atoms with E-state index in [-0.39, 0.29) is 11.7 Å². The zero-order valence-corrected chi connectivity index (χ0v) is 15.6. The van der Waals surface area contributed by atoms with Gasteiger partial charge in [0.1, 0.15) is 5.82 Å². The van der Waals surface area contributed by atoms with Crippen molar-refractivity contribution in [2.45, 2.75) is 18.7 Å². The number of amides is 1. The molecule has 0 atom stereocenters. The number of hydrogen-bond acceptors (Lipinski definition) is 3. The highest BCUT2D eigenvalue weighted by Crippen LogP contribution is 2.19. The van der Waals surface area contributed by atoms with Crippen LogP contribution < -0.4 is 10.3 Å².